The van der Waals surface area contributed by atoms with Crippen LogP contribution in [-0.2, 0) is 23.9 Å². The molecule has 7 nitrogen and oxygen atoms in total. The average Bonchev–Trinajstić information content (AvgIpc) is 2.63. The van der Waals surface area contributed by atoms with Gasteiger partial charge in [-0.3, -0.25) is 9.08 Å². The Balaban J connectivity index is 2.35. The van der Waals surface area contributed by atoms with Crippen molar-refractivity contribution in [2.45, 2.75) is 18.7 Å². The van der Waals surface area contributed by atoms with Crippen LogP contribution < -0.4 is 0 Å². The molecule has 0 saturated heterocycles. The first-order valence-electron chi connectivity index (χ1n) is 7.70. The third-order valence-corrected chi connectivity index (χ3v) is 4.38. The number of benzene rings is 2. The van der Waals surface area contributed by atoms with Crippen molar-refractivity contribution in [1.82, 2.24) is 0 Å². The number of carbonyl (C=O) groups excluding carboxylic acids is 2. The van der Waals surface area contributed by atoms with Gasteiger partial charge in [-0.25, -0.2) is 4.79 Å². The summed E-state index contributed by atoms with van der Waals surface area (Å²) in [5.74, 6) is -1.87. The first-order valence-corrected chi connectivity index (χ1v) is 9.11. The highest BCUT2D eigenvalue weighted by Crippen LogP contribution is 2.13. The van der Waals surface area contributed by atoms with Crippen molar-refractivity contribution >= 4 is 27.6 Å². The minimum absolute atomic E-state index is 0.00946. The maximum atomic E-state index is 12.5. The average molecular weight is 375 g/mol. The van der Waals surface area contributed by atoms with Crippen molar-refractivity contribution in [3.05, 3.63) is 65.7 Å². The normalized spacial score (nSPS) is 11.7. The fraction of sp³-hybridized carbons (Fsp3) is 0.167. The number of aryl methyl sites for hydroxylation is 1. The molecule has 2 aromatic carbocycles. The van der Waals surface area contributed by atoms with Gasteiger partial charge in [0.1, 0.15) is 4.90 Å². The summed E-state index contributed by atoms with van der Waals surface area (Å²) < 4.78 is 33.6. The molecule has 0 aromatic heterocycles. The van der Waals surface area contributed by atoms with Crippen LogP contribution in [0.3, 0.4) is 0 Å². The van der Waals surface area contributed by atoms with Crippen molar-refractivity contribution in [3.63, 3.8) is 0 Å². The van der Waals surface area contributed by atoms with Crippen LogP contribution in [-0.4, -0.2) is 32.5 Å². The van der Waals surface area contributed by atoms with Crippen LogP contribution in [0.5, 0.6) is 0 Å². The van der Waals surface area contributed by atoms with Crippen LogP contribution in [0.2, 0.25) is 0 Å². The number of esters is 1. The zero-order valence-corrected chi connectivity index (χ0v) is 15.0. The Morgan fingerprint density at radius 2 is 1.62 bits per heavy atom. The molecule has 0 saturated carbocycles. The van der Waals surface area contributed by atoms with Crippen LogP contribution in [0.25, 0.3) is 0 Å². The molecule has 0 amide bonds. The second-order valence-corrected chi connectivity index (χ2v) is 6.73. The van der Waals surface area contributed by atoms with Crippen molar-refractivity contribution < 1.29 is 27.0 Å². The summed E-state index contributed by atoms with van der Waals surface area (Å²) in [6, 6.07) is 13.6. The van der Waals surface area contributed by atoms with Crippen LogP contribution in [0, 0.1) is 6.92 Å². The lowest BCUT2D eigenvalue weighted by Gasteiger charge is -2.06. The molecule has 8 heteroatoms. The van der Waals surface area contributed by atoms with E-state index in [1.165, 1.54) is 36.4 Å². The lowest BCUT2D eigenvalue weighted by atomic mass is 10.1. The number of hydrogen-bond donors (Lipinski definition) is 0. The Bertz CT molecular complexity index is 918. The molecule has 26 heavy (non-hydrogen) atoms. The highest BCUT2D eigenvalue weighted by atomic mass is 32.2. The van der Waals surface area contributed by atoms with Gasteiger partial charge in [0.15, 0.2) is 0 Å². The number of ketones is 1. The third kappa shape index (κ3) is 4.76. The van der Waals surface area contributed by atoms with Crippen LogP contribution in [0.4, 0.5) is 0 Å². The second-order valence-electron chi connectivity index (χ2n) is 5.20. The van der Waals surface area contributed by atoms with Gasteiger partial charge in [-0.05, 0) is 26.0 Å². The van der Waals surface area contributed by atoms with Gasteiger partial charge in [0.2, 0.25) is 11.5 Å². The molecule has 136 valence electrons. The van der Waals surface area contributed by atoms with E-state index in [2.05, 4.69) is 9.44 Å². The molecule has 0 N–H and O–H groups in total. The quantitative estimate of drug-likeness (QED) is 0.242. The molecule has 0 bridgehead atoms. The van der Waals surface area contributed by atoms with E-state index < -0.39 is 27.6 Å². The third-order valence-electron chi connectivity index (χ3n) is 3.26. The molecule has 0 aliphatic carbocycles. The number of Topliss-reactive ketones (excluding diaryl/α,β-unsaturated/α-hetero) is 1. The minimum atomic E-state index is -4.27. The van der Waals surface area contributed by atoms with Gasteiger partial charge in [-0.2, -0.15) is 8.42 Å². The van der Waals surface area contributed by atoms with Crippen LogP contribution >= 0.6 is 0 Å². The summed E-state index contributed by atoms with van der Waals surface area (Å²) in [5, 5.41) is 3.29. The van der Waals surface area contributed by atoms with Crippen molar-refractivity contribution in [1.29, 1.82) is 0 Å². The highest BCUT2D eigenvalue weighted by Gasteiger charge is 2.26. The lowest BCUT2D eigenvalue weighted by Crippen LogP contribution is -2.27. The molecule has 0 aliphatic rings. The van der Waals surface area contributed by atoms with Gasteiger partial charge in [0.05, 0.1) is 6.61 Å². The summed E-state index contributed by atoms with van der Waals surface area (Å²) in [6.07, 6.45) is 0. The van der Waals surface area contributed by atoms with E-state index in [0.717, 1.165) is 5.56 Å². The van der Waals surface area contributed by atoms with Gasteiger partial charge in [0.25, 0.3) is 0 Å². The van der Waals surface area contributed by atoms with Gasteiger partial charge in [0, 0.05) is 5.56 Å². The number of nitrogens with zero attached hydrogens (tertiary/aromatic N) is 1. The molecule has 0 aliphatic heterocycles. The van der Waals surface area contributed by atoms with E-state index in [0.29, 0.717) is 0 Å². The molecule has 2 rings (SSSR count). The number of oxime groups is 1. The molecular formula is C18H17NO6S. The van der Waals surface area contributed by atoms with E-state index in [-0.39, 0.29) is 17.1 Å². The highest BCUT2D eigenvalue weighted by molar-refractivity contribution is 7.86. The molecule has 0 spiro atoms. The van der Waals surface area contributed by atoms with Crippen LogP contribution in [0.1, 0.15) is 22.8 Å². The predicted molar refractivity (Wildman–Crippen MR) is 94.3 cm³/mol. The van der Waals surface area contributed by atoms with Crippen molar-refractivity contribution in [2.75, 3.05) is 6.61 Å². The molecular weight excluding hydrogens is 358 g/mol. The molecule has 0 atom stereocenters. The first kappa shape index (κ1) is 19.3. The Kier molecular flexibility index (Phi) is 6.24. The van der Waals surface area contributed by atoms with Gasteiger partial charge >= 0.3 is 16.1 Å². The van der Waals surface area contributed by atoms with Crippen molar-refractivity contribution in [2.24, 2.45) is 5.16 Å². The number of rotatable bonds is 7. The zero-order valence-electron chi connectivity index (χ0n) is 14.2. The summed E-state index contributed by atoms with van der Waals surface area (Å²) in [5.41, 5.74) is 0.317. The number of carbonyl (C=O) groups is 2. The smallest absolute Gasteiger partial charge is 0.364 e. The summed E-state index contributed by atoms with van der Waals surface area (Å²) in [7, 11) is -4.27. The Morgan fingerprint density at radius 1 is 1.00 bits per heavy atom. The predicted octanol–water partition coefficient (Wildman–Crippen LogP) is 2.50. The largest absolute Gasteiger partial charge is 0.461 e. The van der Waals surface area contributed by atoms with E-state index in [1.807, 2.05) is 6.92 Å². The fourth-order valence-corrected chi connectivity index (χ4v) is 2.68. The minimum Gasteiger partial charge on any atom is -0.461 e. The lowest BCUT2D eigenvalue weighted by molar-refractivity contribution is -0.135. The Hall–Kier alpha value is -3.00. The summed E-state index contributed by atoms with van der Waals surface area (Å²) >= 11 is 0. The molecule has 0 radical (unpaired) electrons. The van der Waals surface area contributed by atoms with E-state index in [9.17, 15) is 18.0 Å². The van der Waals surface area contributed by atoms with E-state index in [1.54, 1.807) is 25.1 Å². The topological polar surface area (TPSA) is 99.1 Å². The Morgan fingerprint density at radius 3 is 2.19 bits per heavy atom. The maximum absolute atomic E-state index is 12.5. The van der Waals surface area contributed by atoms with Gasteiger partial charge in [-0.15, -0.1) is 0 Å². The van der Waals surface area contributed by atoms with Crippen molar-refractivity contribution in [3.8, 4) is 0 Å². The molecule has 0 fully saturated rings. The summed E-state index contributed by atoms with van der Waals surface area (Å²) in [6.45, 7) is 3.38. The Labute approximate surface area is 151 Å². The second kappa shape index (κ2) is 8.39. The SMILES string of the molecule is CCOC(=O)/C(=N\OS(=O)(=O)c1ccccc1)C(=O)c1ccc(C)cc1. The molecule has 2 aromatic rings. The number of ether oxygens (including phenoxy) is 1. The molecule has 0 heterocycles. The van der Waals surface area contributed by atoms with Gasteiger partial charge < -0.3 is 4.74 Å². The number of hydrogen-bond acceptors (Lipinski definition) is 7. The monoisotopic (exact) mass is 375 g/mol. The summed E-state index contributed by atoms with van der Waals surface area (Å²) in [4.78, 5) is 24.4. The van der Waals surface area contributed by atoms with Gasteiger partial charge in [-0.1, -0.05) is 53.2 Å². The maximum Gasteiger partial charge on any atom is 0.364 e. The zero-order chi connectivity index (χ0) is 19.2. The van der Waals surface area contributed by atoms with E-state index >= 15 is 0 Å². The standard InChI is InChI=1S/C18H17NO6S/c1-3-24-18(21)16(17(20)14-11-9-13(2)10-12-14)19-25-26(22,23)15-7-5-4-6-8-15/h4-12H,3H2,1-2H3/b19-16-. The molecule has 0 unspecified atom stereocenters. The first-order chi connectivity index (χ1) is 12.3. The van der Waals surface area contributed by atoms with Crippen LogP contribution in [0.15, 0.2) is 64.6 Å². The fourth-order valence-electron chi connectivity index (χ4n) is 1.93. The van der Waals surface area contributed by atoms with E-state index in [4.69, 9.17) is 4.74 Å².